The van der Waals surface area contributed by atoms with Crippen LogP contribution in [0.5, 0.6) is 5.88 Å². The largest absolute Gasteiger partial charge is 0.481 e. The molecule has 1 aliphatic heterocycles. The van der Waals surface area contributed by atoms with Gasteiger partial charge in [0.1, 0.15) is 0 Å². The summed E-state index contributed by atoms with van der Waals surface area (Å²) in [4.78, 5) is 25.6. The summed E-state index contributed by atoms with van der Waals surface area (Å²) < 4.78 is 10.6. The molecule has 1 aliphatic carbocycles. The Labute approximate surface area is 171 Å². The molecule has 156 valence electrons. The second-order valence-electron chi connectivity index (χ2n) is 7.99. The van der Waals surface area contributed by atoms with Crippen molar-refractivity contribution in [3.63, 3.8) is 0 Å². The molecule has 0 bridgehead atoms. The molecule has 2 aromatic heterocycles. The zero-order valence-electron chi connectivity index (χ0n) is 17.2. The average molecular weight is 399 g/mol. The topological polar surface area (TPSA) is 84.6 Å². The fourth-order valence-electron chi connectivity index (χ4n) is 4.11. The van der Waals surface area contributed by atoms with Crippen molar-refractivity contribution < 1.29 is 14.1 Å². The third kappa shape index (κ3) is 4.75. The van der Waals surface area contributed by atoms with Gasteiger partial charge in [-0.1, -0.05) is 17.6 Å². The SMILES string of the molecule is COc1cccc(CN2CC[C@H](N(CCc3noc(C4CCC4)n3)C(C)=O)C2)n1. The zero-order valence-corrected chi connectivity index (χ0v) is 17.2. The maximum absolute atomic E-state index is 12.3. The molecule has 2 aromatic rings. The molecule has 4 rings (SSSR count). The average Bonchev–Trinajstić information content (AvgIpc) is 3.31. The van der Waals surface area contributed by atoms with E-state index in [1.807, 2.05) is 23.1 Å². The van der Waals surface area contributed by atoms with Gasteiger partial charge in [0.05, 0.1) is 12.8 Å². The van der Waals surface area contributed by atoms with E-state index in [0.717, 1.165) is 50.5 Å². The second-order valence-corrected chi connectivity index (χ2v) is 7.99. The Morgan fingerprint density at radius 3 is 2.90 bits per heavy atom. The third-order valence-electron chi connectivity index (χ3n) is 5.98. The molecule has 1 saturated heterocycles. The van der Waals surface area contributed by atoms with Crippen LogP contribution >= 0.6 is 0 Å². The number of pyridine rings is 1. The minimum atomic E-state index is 0.0964. The van der Waals surface area contributed by atoms with Gasteiger partial charge in [-0.15, -0.1) is 0 Å². The number of methoxy groups -OCH3 is 1. The lowest BCUT2D eigenvalue weighted by Gasteiger charge is -2.27. The van der Waals surface area contributed by atoms with Gasteiger partial charge in [0, 0.05) is 57.5 Å². The van der Waals surface area contributed by atoms with Gasteiger partial charge in [-0.05, 0) is 25.3 Å². The number of nitrogens with zero attached hydrogens (tertiary/aromatic N) is 5. The van der Waals surface area contributed by atoms with Crippen LogP contribution in [0.25, 0.3) is 0 Å². The summed E-state index contributed by atoms with van der Waals surface area (Å²) in [5.74, 6) is 2.63. The molecule has 0 unspecified atom stereocenters. The fraction of sp³-hybridized carbons (Fsp3) is 0.619. The normalized spacial score (nSPS) is 19.9. The number of amides is 1. The second kappa shape index (κ2) is 8.90. The van der Waals surface area contributed by atoms with Crippen LogP contribution in [0, 0.1) is 0 Å². The Kier molecular flexibility index (Phi) is 6.08. The number of carbonyl (C=O) groups is 1. The molecular formula is C21H29N5O3. The van der Waals surface area contributed by atoms with Gasteiger partial charge in [0.25, 0.3) is 0 Å². The predicted molar refractivity (Wildman–Crippen MR) is 106 cm³/mol. The van der Waals surface area contributed by atoms with Crippen LogP contribution in [0.1, 0.15) is 55.9 Å². The van der Waals surface area contributed by atoms with Crippen LogP contribution in [0.2, 0.25) is 0 Å². The molecule has 8 nitrogen and oxygen atoms in total. The van der Waals surface area contributed by atoms with E-state index in [-0.39, 0.29) is 11.9 Å². The lowest BCUT2D eigenvalue weighted by atomic mass is 9.85. The summed E-state index contributed by atoms with van der Waals surface area (Å²) in [7, 11) is 1.63. The van der Waals surface area contributed by atoms with Gasteiger partial charge in [0.2, 0.25) is 17.7 Å². The van der Waals surface area contributed by atoms with Crippen LogP contribution < -0.4 is 4.74 Å². The van der Waals surface area contributed by atoms with Gasteiger partial charge in [-0.3, -0.25) is 9.69 Å². The fourth-order valence-corrected chi connectivity index (χ4v) is 4.11. The van der Waals surface area contributed by atoms with Crippen molar-refractivity contribution in [2.45, 2.75) is 57.5 Å². The summed E-state index contributed by atoms with van der Waals surface area (Å²) in [6.07, 6.45) is 5.11. The third-order valence-corrected chi connectivity index (χ3v) is 5.98. The summed E-state index contributed by atoms with van der Waals surface area (Å²) in [5, 5.41) is 4.11. The molecule has 8 heteroatoms. The summed E-state index contributed by atoms with van der Waals surface area (Å²) in [6.45, 7) is 4.81. The van der Waals surface area contributed by atoms with Crippen molar-refractivity contribution in [2.24, 2.45) is 0 Å². The molecule has 3 heterocycles. The number of ether oxygens (including phenoxy) is 1. The summed E-state index contributed by atoms with van der Waals surface area (Å²) in [5.41, 5.74) is 0.981. The molecule has 29 heavy (non-hydrogen) atoms. The van der Waals surface area contributed by atoms with Crippen LogP contribution in [-0.4, -0.2) is 63.6 Å². The maximum Gasteiger partial charge on any atom is 0.229 e. The van der Waals surface area contributed by atoms with E-state index >= 15 is 0 Å². The van der Waals surface area contributed by atoms with E-state index in [9.17, 15) is 4.79 Å². The van der Waals surface area contributed by atoms with Crippen molar-refractivity contribution in [3.8, 4) is 5.88 Å². The predicted octanol–water partition coefficient (Wildman–Crippen LogP) is 2.41. The van der Waals surface area contributed by atoms with Crippen molar-refractivity contribution in [1.29, 1.82) is 0 Å². The summed E-state index contributed by atoms with van der Waals surface area (Å²) in [6, 6.07) is 6.02. The molecule has 2 fully saturated rings. The Bertz CT molecular complexity index is 835. The van der Waals surface area contributed by atoms with E-state index in [0.29, 0.717) is 30.6 Å². The lowest BCUT2D eigenvalue weighted by Crippen LogP contribution is -2.42. The van der Waals surface area contributed by atoms with Gasteiger partial charge in [0.15, 0.2) is 5.82 Å². The van der Waals surface area contributed by atoms with E-state index < -0.39 is 0 Å². The highest BCUT2D eigenvalue weighted by molar-refractivity contribution is 5.73. The van der Waals surface area contributed by atoms with Crippen LogP contribution in [0.4, 0.5) is 0 Å². The van der Waals surface area contributed by atoms with Crippen molar-refractivity contribution >= 4 is 5.91 Å². The Hall–Kier alpha value is -2.48. The van der Waals surface area contributed by atoms with Crippen LogP contribution in [0.3, 0.4) is 0 Å². The van der Waals surface area contributed by atoms with E-state index in [2.05, 4.69) is 20.0 Å². The van der Waals surface area contributed by atoms with Crippen molar-refractivity contribution in [3.05, 3.63) is 35.6 Å². The number of hydrogen-bond acceptors (Lipinski definition) is 7. The smallest absolute Gasteiger partial charge is 0.229 e. The molecule has 0 spiro atoms. The molecule has 0 aromatic carbocycles. The van der Waals surface area contributed by atoms with Gasteiger partial charge >= 0.3 is 0 Å². The monoisotopic (exact) mass is 399 g/mol. The number of likely N-dealkylation sites (tertiary alicyclic amines) is 1. The maximum atomic E-state index is 12.3. The van der Waals surface area contributed by atoms with E-state index in [1.165, 1.54) is 6.42 Å². The van der Waals surface area contributed by atoms with E-state index in [4.69, 9.17) is 9.26 Å². The van der Waals surface area contributed by atoms with Gasteiger partial charge < -0.3 is 14.2 Å². The van der Waals surface area contributed by atoms with Crippen molar-refractivity contribution in [2.75, 3.05) is 26.7 Å². The number of carbonyl (C=O) groups excluding carboxylic acids is 1. The van der Waals surface area contributed by atoms with E-state index in [1.54, 1.807) is 14.0 Å². The first kappa shape index (κ1) is 19.8. The Morgan fingerprint density at radius 1 is 1.31 bits per heavy atom. The first-order chi connectivity index (χ1) is 14.1. The molecule has 2 aliphatic rings. The Balaban J connectivity index is 1.31. The van der Waals surface area contributed by atoms with Crippen LogP contribution in [0.15, 0.2) is 22.7 Å². The van der Waals surface area contributed by atoms with Crippen LogP contribution in [-0.2, 0) is 17.8 Å². The Morgan fingerprint density at radius 2 is 2.17 bits per heavy atom. The molecular weight excluding hydrogens is 370 g/mol. The standard InChI is InChI=1S/C21H29N5O3/c1-15(27)26(12-10-19-23-21(29-24-19)16-5-3-6-16)18-9-11-25(14-18)13-17-7-4-8-20(22-17)28-2/h4,7-8,16,18H,3,5-6,9-14H2,1-2H3/t18-/m0/s1. The van der Waals surface area contributed by atoms with Gasteiger partial charge in [-0.2, -0.15) is 4.98 Å². The number of hydrogen-bond donors (Lipinski definition) is 0. The first-order valence-corrected chi connectivity index (χ1v) is 10.4. The van der Waals surface area contributed by atoms with Crippen molar-refractivity contribution in [1.82, 2.24) is 24.9 Å². The number of aromatic nitrogens is 3. The highest BCUT2D eigenvalue weighted by Crippen LogP contribution is 2.35. The summed E-state index contributed by atoms with van der Waals surface area (Å²) >= 11 is 0. The first-order valence-electron chi connectivity index (χ1n) is 10.4. The highest BCUT2D eigenvalue weighted by Gasteiger charge is 2.30. The quantitative estimate of drug-likeness (QED) is 0.674. The van der Waals surface area contributed by atoms with Gasteiger partial charge in [-0.25, -0.2) is 4.98 Å². The minimum absolute atomic E-state index is 0.0964. The molecule has 1 atom stereocenters. The zero-order chi connectivity index (χ0) is 20.2. The minimum Gasteiger partial charge on any atom is -0.481 e. The molecule has 0 N–H and O–H groups in total. The highest BCUT2D eigenvalue weighted by atomic mass is 16.5. The lowest BCUT2D eigenvalue weighted by molar-refractivity contribution is -0.130. The molecule has 1 saturated carbocycles. The molecule has 1 amide bonds. The molecule has 0 radical (unpaired) electrons. The number of rotatable bonds is 8.